The Bertz CT molecular complexity index is 1310. The topological polar surface area (TPSA) is 70.0 Å². The van der Waals surface area contributed by atoms with Gasteiger partial charge in [-0.3, -0.25) is 9.69 Å². The van der Waals surface area contributed by atoms with Crippen LogP contribution in [0, 0.1) is 0 Å². The van der Waals surface area contributed by atoms with Crippen LogP contribution >= 0.6 is 11.3 Å². The average Bonchev–Trinajstić information content (AvgIpc) is 3.24. The SMILES string of the molecule is O=C(c1ccc(OCCN2CCCCC2)cc1O)c1c(-c2ccc(O)cc2)sc2ccccc12. The van der Waals surface area contributed by atoms with E-state index in [2.05, 4.69) is 4.90 Å². The number of hydrogen-bond acceptors (Lipinski definition) is 6. The third-order valence-electron chi connectivity index (χ3n) is 6.29. The maximum Gasteiger partial charge on any atom is 0.198 e. The quantitative estimate of drug-likeness (QED) is 0.319. The Balaban J connectivity index is 1.41. The lowest BCUT2D eigenvalue weighted by Crippen LogP contribution is -2.33. The summed E-state index contributed by atoms with van der Waals surface area (Å²) >= 11 is 1.53. The predicted octanol–water partition coefficient (Wildman–Crippen LogP) is 6.08. The number of rotatable bonds is 7. The van der Waals surface area contributed by atoms with Crippen LogP contribution in [0.25, 0.3) is 20.5 Å². The van der Waals surface area contributed by atoms with Crippen LogP contribution in [0.4, 0.5) is 0 Å². The van der Waals surface area contributed by atoms with Crippen molar-refractivity contribution in [2.24, 2.45) is 0 Å². The molecule has 1 aliphatic rings. The fourth-order valence-electron chi connectivity index (χ4n) is 4.49. The van der Waals surface area contributed by atoms with Crippen LogP contribution in [0.15, 0.2) is 66.7 Å². The van der Waals surface area contributed by atoms with Gasteiger partial charge in [-0.1, -0.05) is 24.6 Å². The molecule has 5 nitrogen and oxygen atoms in total. The Morgan fingerprint density at radius 3 is 2.47 bits per heavy atom. The predicted molar refractivity (Wildman–Crippen MR) is 136 cm³/mol. The van der Waals surface area contributed by atoms with E-state index in [1.165, 1.54) is 36.7 Å². The molecule has 0 atom stereocenters. The van der Waals surface area contributed by atoms with Gasteiger partial charge in [-0.05, 0) is 74.0 Å². The van der Waals surface area contributed by atoms with Gasteiger partial charge in [0.15, 0.2) is 5.78 Å². The molecule has 5 rings (SSSR count). The Morgan fingerprint density at radius 2 is 1.71 bits per heavy atom. The second kappa shape index (κ2) is 9.87. The number of carbonyl (C=O) groups excluding carboxylic acids is 1. The van der Waals surface area contributed by atoms with Crippen LogP contribution in [0.5, 0.6) is 17.2 Å². The first-order valence-corrected chi connectivity index (χ1v) is 12.5. The summed E-state index contributed by atoms with van der Waals surface area (Å²) in [6.07, 6.45) is 3.77. The fraction of sp³-hybridized carbons (Fsp3) is 0.250. The number of carbonyl (C=O) groups is 1. The third-order valence-corrected chi connectivity index (χ3v) is 7.51. The monoisotopic (exact) mass is 473 g/mol. The van der Waals surface area contributed by atoms with Crippen LogP contribution in [-0.2, 0) is 0 Å². The van der Waals surface area contributed by atoms with Gasteiger partial charge in [-0.15, -0.1) is 11.3 Å². The summed E-state index contributed by atoms with van der Waals surface area (Å²) in [4.78, 5) is 16.9. The summed E-state index contributed by atoms with van der Waals surface area (Å²) in [5, 5.41) is 21.3. The number of nitrogens with zero attached hydrogens (tertiary/aromatic N) is 1. The maximum absolute atomic E-state index is 13.7. The largest absolute Gasteiger partial charge is 0.508 e. The van der Waals surface area contributed by atoms with E-state index in [4.69, 9.17) is 4.74 Å². The van der Waals surface area contributed by atoms with Crippen LogP contribution in [0.3, 0.4) is 0 Å². The number of ether oxygens (including phenoxy) is 1. The average molecular weight is 474 g/mol. The number of piperidine rings is 1. The highest BCUT2D eigenvalue weighted by Crippen LogP contribution is 2.41. The lowest BCUT2D eigenvalue weighted by atomic mass is 9.97. The van der Waals surface area contributed by atoms with E-state index in [0.29, 0.717) is 17.9 Å². The van der Waals surface area contributed by atoms with Crippen LogP contribution in [-0.4, -0.2) is 47.1 Å². The van der Waals surface area contributed by atoms with Crippen LogP contribution in [0.2, 0.25) is 0 Å². The lowest BCUT2D eigenvalue weighted by molar-refractivity contribution is 0.103. The molecule has 34 heavy (non-hydrogen) atoms. The van der Waals surface area contributed by atoms with Crippen molar-refractivity contribution in [1.82, 2.24) is 4.90 Å². The lowest BCUT2D eigenvalue weighted by Gasteiger charge is -2.26. The summed E-state index contributed by atoms with van der Waals surface area (Å²) in [6, 6.07) is 19.5. The summed E-state index contributed by atoms with van der Waals surface area (Å²) in [7, 11) is 0. The zero-order chi connectivity index (χ0) is 23.5. The first kappa shape index (κ1) is 22.4. The molecule has 174 valence electrons. The molecule has 0 unspecified atom stereocenters. The molecule has 0 radical (unpaired) electrons. The molecule has 3 aromatic carbocycles. The molecule has 1 aromatic heterocycles. The Kier molecular flexibility index (Phi) is 6.52. The first-order valence-electron chi connectivity index (χ1n) is 11.6. The summed E-state index contributed by atoms with van der Waals surface area (Å²) in [6.45, 7) is 3.63. The Labute approximate surface area is 202 Å². The molecule has 1 fully saturated rings. The molecule has 0 spiro atoms. The van der Waals surface area contributed by atoms with E-state index in [9.17, 15) is 15.0 Å². The maximum atomic E-state index is 13.7. The minimum atomic E-state index is -0.238. The van der Waals surface area contributed by atoms with Crippen molar-refractivity contribution < 1.29 is 19.7 Å². The molecular weight excluding hydrogens is 446 g/mol. The number of benzene rings is 3. The number of ketones is 1. The van der Waals surface area contributed by atoms with Gasteiger partial charge in [0.25, 0.3) is 0 Å². The Hall–Kier alpha value is -3.35. The van der Waals surface area contributed by atoms with Crippen molar-refractivity contribution in [3.8, 4) is 27.7 Å². The van der Waals surface area contributed by atoms with Gasteiger partial charge in [0.1, 0.15) is 23.9 Å². The van der Waals surface area contributed by atoms with Crippen molar-refractivity contribution in [2.75, 3.05) is 26.2 Å². The molecule has 0 bridgehead atoms. The molecule has 2 N–H and O–H groups in total. The smallest absolute Gasteiger partial charge is 0.198 e. The zero-order valence-electron chi connectivity index (χ0n) is 18.9. The first-order chi connectivity index (χ1) is 16.6. The van der Waals surface area contributed by atoms with E-state index in [1.54, 1.807) is 36.4 Å². The highest BCUT2D eigenvalue weighted by Gasteiger charge is 2.23. The van der Waals surface area contributed by atoms with Gasteiger partial charge in [-0.25, -0.2) is 0 Å². The molecule has 1 aliphatic heterocycles. The minimum absolute atomic E-state index is 0.0904. The van der Waals surface area contributed by atoms with Gasteiger partial charge in [0, 0.05) is 33.1 Å². The minimum Gasteiger partial charge on any atom is -0.508 e. The molecule has 0 amide bonds. The number of aromatic hydroxyl groups is 2. The van der Waals surface area contributed by atoms with Gasteiger partial charge in [0.2, 0.25) is 0 Å². The van der Waals surface area contributed by atoms with Gasteiger partial charge in [0.05, 0.1) is 5.56 Å². The van der Waals surface area contributed by atoms with E-state index < -0.39 is 0 Å². The van der Waals surface area contributed by atoms with E-state index in [-0.39, 0.29) is 22.8 Å². The fourth-order valence-corrected chi connectivity index (χ4v) is 5.70. The zero-order valence-corrected chi connectivity index (χ0v) is 19.7. The molecular formula is C28H27NO4S. The summed E-state index contributed by atoms with van der Waals surface area (Å²) < 4.78 is 6.85. The summed E-state index contributed by atoms with van der Waals surface area (Å²) in [5.41, 5.74) is 1.65. The second-order valence-electron chi connectivity index (χ2n) is 8.61. The number of hydrogen-bond donors (Lipinski definition) is 2. The Morgan fingerprint density at radius 1 is 0.941 bits per heavy atom. The van der Waals surface area contributed by atoms with Crippen LogP contribution in [0.1, 0.15) is 35.2 Å². The molecule has 0 aliphatic carbocycles. The normalized spacial score (nSPS) is 14.4. The van der Waals surface area contributed by atoms with E-state index in [0.717, 1.165) is 40.2 Å². The van der Waals surface area contributed by atoms with Gasteiger partial charge < -0.3 is 14.9 Å². The number of phenolic OH excluding ortho intramolecular Hbond substituents is 2. The van der Waals surface area contributed by atoms with Crippen LogP contribution < -0.4 is 4.74 Å². The number of fused-ring (bicyclic) bond motifs is 1. The van der Waals surface area contributed by atoms with Crippen molar-refractivity contribution in [3.05, 3.63) is 77.9 Å². The molecule has 0 saturated carbocycles. The number of thiophene rings is 1. The molecule has 1 saturated heterocycles. The van der Waals surface area contributed by atoms with E-state index in [1.807, 2.05) is 24.3 Å². The third kappa shape index (κ3) is 4.65. The van der Waals surface area contributed by atoms with Gasteiger partial charge >= 0.3 is 0 Å². The second-order valence-corrected chi connectivity index (χ2v) is 9.66. The van der Waals surface area contributed by atoms with Crippen molar-refractivity contribution in [3.63, 3.8) is 0 Å². The number of phenols is 2. The van der Waals surface area contributed by atoms with Crippen molar-refractivity contribution in [2.45, 2.75) is 19.3 Å². The molecule has 2 heterocycles. The standard InChI is InChI=1S/C28H27NO4S/c30-20-10-8-19(9-11-20)28-26(23-6-2-3-7-25(23)34-28)27(32)22-13-12-21(18-24(22)31)33-17-16-29-14-4-1-5-15-29/h2-3,6-13,18,30-31H,1,4-5,14-17H2. The van der Waals surface area contributed by atoms with Crippen molar-refractivity contribution in [1.29, 1.82) is 0 Å². The molecule has 4 aromatic rings. The highest BCUT2D eigenvalue weighted by molar-refractivity contribution is 7.22. The van der Waals surface area contributed by atoms with Crippen molar-refractivity contribution >= 4 is 27.2 Å². The molecule has 6 heteroatoms. The summed E-state index contributed by atoms with van der Waals surface area (Å²) in [5.74, 6) is 0.400. The number of likely N-dealkylation sites (tertiary alicyclic amines) is 1. The van der Waals surface area contributed by atoms with Gasteiger partial charge in [-0.2, -0.15) is 0 Å². The highest BCUT2D eigenvalue weighted by atomic mass is 32.1. The van der Waals surface area contributed by atoms with E-state index >= 15 is 0 Å².